The summed E-state index contributed by atoms with van der Waals surface area (Å²) in [5, 5.41) is 13.2. The number of aliphatic hydroxyl groups excluding tert-OH is 1. The summed E-state index contributed by atoms with van der Waals surface area (Å²) in [5.41, 5.74) is -0.0154. The van der Waals surface area contributed by atoms with Crippen molar-refractivity contribution in [1.29, 1.82) is 0 Å². The van der Waals surface area contributed by atoms with Gasteiger partial charge in [-0.25, -0.2) is 0 Å². The van der Waals surface area contributed by atoms with Crippen molar-refractivity contribution in [3.8, 4) is 0 Å². The van der Waals surface area contributed by atoms with Crippen LogP contribution in [0.5, 0.6) is 0 Å². The first-order chi connectivity index (χ1) is 7.74. The molecule has 0 aromatic rings. The number of ether oxygens (including phenoxy) is 1. The molecule has 1 saturated carbocycles. The third-order valence-electron chi connectivity index (χ3n) is 4.26. The van der Waals surface area contributed by atoms with Crippen molar-refractivity contribution in [2.24, 2.45) is 5.92 Å². The van der Waals surface area contributed by atoms with Crippen LogP contribution >= 0.6 is 0 Å². The van der Waals surface area contributed by atoms with Gasteiger partial charge in [-0.15, -0.1) is 0 Å². The maximum Gasteiger partial charge on any atom is 0.0700 e. The second-order valence-corrected chi connectivity index (χ2v) is 5.64. The average Bonchev–Trinajstić information content (AvgIpc) is 2.82. The molecular formula is C13H25NO2. The zero-order valence-electron chi connectivity index (χ0n) is 10.4. The van der Waals surface area contributed by atoms with Crippen LogP contribution in [0.4, 0.5) is 0 Å². The molecule has 0 bridgehead atoms. The second-order valence-electron chi connectivity index (χ2n) is 5.64. The van der Waals surface area contributed by atoms with Crippen LogP contribution in [0.1, 0.15) is 45.4 Å². The fraction of sp³-hybridized carbons (Fsp3) is 1.00. The molecule has 0 spiro atoms. The third kappa shape index (κ3) is 2.96. The Morgan fingerprint density at radius 1 is 1.31 bits per heavy atom. The summed E-state index contributed by atoms with van der Waals surface area (Å²) in [6.45, 7) is 4.40. The lowest BCUT2D eigenvalue weighted by molar-refractivity contribution is 0.0680. The van der Waals surface area contributed by atoms with E-state index in [2.05, 4.69) is 12.2 Å². The second kappa shape index (κ2) is 5.48. The smallest absolute Gasteiger partial charge is 0.0700 e. The van der Waals surface area contributed by atoms with Gasteiger partial charge in [0.25, 0.3) is 0 Å². The van der Waals surface area contributed by atoms with Crippen LogP contribution < -0.4 is 5.32 Å². The van der Waals surface area contributed by atoms with E-state index in [1.54, 1.807) is 0 Å². The minimum Gasteiger partial charge on any atom is -0.394 e. The quantitative estimate of drug-likeness (QED) is 0.768. The van der Waals surface area contributed by atoms with Crippen LogP contribution in [0.25, 0.3) is 0 Å². The molecule has 2 fully saturated rings. The van der Waals surface area contributed by atoms with Gasteiger partial charge in [-0.3, -0.25) is 0 Å². The highest BCUT2D eigenvalue weighted by atomic mass is 16.5. The number of hydrogen-bond acceptors (Lipinski definition) is 3. The molecule has 3 heteroatoms. The summed E-state index contributed by atoms with van der Waals surface area (Å²) in [6, 6.07) is 0. The molecule has 2 rings (SSSR count). The Morgan fingerprint density at radius 3 is 2.62 bits per heavy atom. The number of rotatable bonds is 4. The summed E-state index contributed by atoms with van der Waals surface area (Å²) in [5.74, 6) is 0.823. The molecule has 0 amide bonds. The van der Waals surface area contributed by atoms with Crippen LogP contribution in [-0.2, 0) is 4.74 Å². The van der Waals surface area contributed by atoms with Gasteiger partial charge in [0.1, 0.15) is 0 Å². The first kappa shape index (κ1) is 12.3. The van der Waals surface area contributed by atoms with Gasteiger partial charge in [0, 0.05) is 18.7 Å². The molecule has 16 heavy (non-hydrogen) atoms. The van der Waals surface area contributed by atoms with Gasteiger partial charge in [-0.1, -0.05) is 6.92 Å². The monoisotopic (exact) mass is 227 g/mol. The maximum absolute atomic E-state index is 9.60. The van der Waals surface area contributed by atoms with Gasteiger partial charge in [0.15, 0.2) is 0 Å². The molecule has 0 aromatic carbocycles. The molecule has 1 saturated heterocycles. The molecular weight excluding hydrogens is 202 g/mol. The summed E-state index contributed by atoms with van der Waals surface area (Å²) < 4.78 is 5.61. The van der Waals surface area contributed by atoms with Gasteiger partial charge < -0.3 is 15.2 Å². The highest BCUT2D eigenvalue weighted by Crippen LogP contribution is 2.31. The lowest BCUT2D eigenvalue weighted by Gasteiger charge is -2.39. The molecule has 1 aliphatic heterocycles. The lowest BCUT2D eigenvalue weighted by Crippen LogP contribution is -2.52. The fourth-order valence-corrected chi connectivity index (χ4v) is 2.84. The summed E-state index contributed by atoms with van der Waals surface area (Å²) >= 11 is 0. The van der Waals surface area contributed by atoms with E-state index in [0.717, 1.165) is 31.9 Å². The van der Waals surface area contributed by atoms with Crippen LogP contribution in [-0.4, -0.2) is 36.5 Å². The van der Waals surface area contributed by atoms with Crippen molar-refractivity contribution >= 4 is 0 Å². The molecule has 0 radical (unpaired) electrons. The Hall–Kier alpha value is -0.120. The molecule has 2 N–H and O–H groups in total. The topological polar surface area (TPSA) is 41.5 Å². The summed E-state index contributed by atoms with van der Waals surface area (Å²) in [7, 11) is 0. The van der Waals surface area contributed by atoms with E-state index >= 15 is 0 Å². The zero-order chi connectivity index (χ0) is 11.4. The van der Waals surface area contributed by atoms with E-state index in [1.165, 1.54) is 25.7 Å². The molecule has 3 nitrogen and oxygen atoms in total. The van der Waals surface area contributed by atoms with Crippen molar-refractivity contribution in [2.75, 3.05) is 19.8 Å². The molecule has 0 aromatic heterocycles. The minimum absolute atomic E-state index is 0.0154. The van der Waals surface area contributed by atoms with Gasteiger partial charge in [0.2, 0.25) is 0 Å². The van der Waals surface area contributed by atoms with Gasteiger partial charge in [-0.2, -0.15) is 0 Å². The predicted octanol–water partition coefficient (Wildman–Crippen LogP) is 1.70. The zero-order valence-corrected chi connectivity index (χ0v) is 10.4. The Kier molecular flexibility index (Phi) is 4.22. The average molecular weight is 227 g/mol. The molecule has 94 valence electrons. The highest BCUT2D eigenvalue weighted by molar-refractivity contribution is 4.92. The Balaban J connectivity index is 1.79. The molecule has 1 atom stereocenters. The summed E-state index contributed by atoms with van der Waals surface area (Å²) in [4.78, 5) is 0. The van der Waals surface area contributed by atoms with E-state index in [0.29, 0.717) is 6.10 Å². The normalized spacial score (nSPS) is 40.1. The molecule has 1 aliphatic carbocycles. The van der Waals surface area contributed by atoms with Crippen molar-refractivity contribution < 1.29 is 9.84 Å². The minimum atomic E-state index is -0.0154. The van der Waals surface area contributed by atoms with Crippen molar-refractivity contribution in [2.45, 2.75) is 57.1 Å². The number of aliphatic hydroxyl groups is 1. The SMILES string of the molecule is CC1CCC(CO)(NCC2CCCO2)CC1. The predicted molar refractivity (Wildman–Crippen MR) is 64.4 cm³/mol. The lowest BCUT2D eigenvalue weighted by atomic mass is 9.77. The Labute approximate surface area is 98.6 Å². The van der Waals surface area contributed by atoms with Gasteiger partial charge in [0.05, 0.1) is 12.7 Å². The van der Waals surface area contributed by atoms with Crippen LogP contribution in [0, 0.1) is 5.92 Å². The molecule has 1 heterocycles. The van der Waals surface area contributed by atoms with E-state index in [9.17, 15) is 5.11 Å². The standard InChI is InChI=1S/C13H25NO2/c1-11-4-6-13(10-15,7-5-11)14-9-12-3-2-8-16-12/h11-12,14-15H,2-10H2,1H3. The van der Waals surface area contributed by atoms with Crippen LogP contribution in [0.15, 0.2) is 0 Å². The number of nitrogens with one attached hydrogen (secondary N) is 1. The first-order valence-electron chi connectivity index (χ1n) is 6.72. The summed E-state index contributed by atoms with van der Waals surface area (Å²) in [6.07, 6.45) is 7.43. The van der Waals surface area contributed by atoms with Gasteiger partial charge >= 0.3 is 0 Å². The third-order valence-corrected chi connectivity index (χ3v) is 4.26. The molecule has 2 aliphatic rings. The Morgan fingerprint density at radius 2 is 2.06 bits per heavy atom. The largest absolute Gasteiger partial charge is 0.394 e. The van der Waals surface area contributed by atoms with Crippen molar-refractivity contribution in [3.63, 3.8) is 0 Å². The first-order valence-corrected chi connectivity index (χ1v) is 6.72. The molecule has 1 unspecified atom stereocenters. The number of hydrogen-bond donors (Lipinski definition) is 2. The highest BCUT2D eigenvalue weighted by Gasteiger charge is 2.33. The van der Waals surface area contributed by atoms with Crippen molar-refractivity contribution in [1.82, 2.24) is 5.32 Å². The van der Waals surface area contributed by atoms with E-state index in [1.807, 2.05) is 0 Å². The van der Waals surface area contributed by atoms with E-state index in [4.69, 9.17) is 4.74 Å². The van der Waals surface area contributed by atoms with E-state index < -0.39 is 0 Å². The van der Waals surface area contributed by atoms with Crippen LogP contribution in [0.3, 0.4) is 0 Å². The Bertz CT molecular complexity index is 206. The van der Waals surface area contributed by atoms with Gasteiger partial charge in [-0.05, 0) is 44.4 Å². The maximum atomic E-state index is 9.60. The van der Waals surface area contributed by atoms with Crippen LogP contribution in [0.2, 0.25) is 0 Å². The fourth-order valence-electron chi connectivity index (χ4n) is 2.84. The van der Waals surface area contributed by atoms with Crippen molar-refractivity contribution in [3.05, 3.63) is 0 Å². The van der Waals surface area contributed by atoms with E-state index in [-0.39, 0.29) is 12.1 Å².